The quantitative estimate of drug-likeness (QED) is 0.898. The number of ether oxygens (including phenoxy) is 1. The van der Waals surface area contributed by atoms with Gasteiger partial charge in [0.2, 0.25) is 0 Å². The Kier molecular flexibility index (Phi) is 3.76. The van der Waals surface area contributed by atoms with Crippen LogP contribution in [-0.4, -0.2) is 20.7 Å². The maximum absolute atomic E-state index is 5.62. The molecule has 0 unspecified atom stereocenters. The minimum absolute atomic E-state index is 0.290. The molecular weight excluding hydrogens is 246 g/mol. The first-order chi connectivity index (χ1) is 9.74. The van der Waals surface area contributed by atoms with E-state index >= 15 is 0 Å². The zero-order valence-corrected chi connectivity index (χ0v) is 12.9. The van der Waals surface area contributed by atoms with Gasteiger partial charge in [0.05, 0.1) is 7.11 Å². The fraction of sp³-hybridized carbons (Fsp3) is 0.667. The van der Waals surface area contributed by atoms with E-state index < -0.39 is 0 Å². The van der Waals surface area contributed by atoms with Gasteiger partial charge in [-0.2, -0.15) is 0 Å². The van der Waals surface area contributed by atoms with Gasteiger partial charge in [0.25, 0.3) is 0 Å². The molecule has 1 aromatic rings. The van der Waals surface area contributed by atoms with Crippen LogP contribution in [0, 0.1) is 5.41 Å². The molecule has 0 saturated heterocycles. The highest BCUT2D eigenvalue weighted by atomic mass is 16.5. The largest absolute Gasteiger partial charge is 0.496 e. The van der Waals surface area contributed by atoms with Crippen molar-refractivity contribution in [1.82, 2.24) is 5.32 Å². The van der Waals surface area contributed by atoms with Gasteiger partial charge in [-0.1, -0.05) is 37.5 Å². The van der Waals surface area contributed by atoms with Gasteiger partial charge < -0.3 is 10.1 Å². The van der Waals surface area contributed by atoms with E-state index in [4.69, 9.17) is 4.74 Å². The summed E-state index contributed by atoms with van der Waals surface area (Å²) in [6.07, 6.45) is 9.85. The summed E-state index contributed by atoms with van der Waals surface area (Å²) in [4.78, 5) is 0. The number of methoxy groups -OCH3 is 1. The second-order valence-corrected chi connectivity index (χ2v) is 6.93. The Morgan fingerprint density at radius 2 is 1.80 bits per heavy atom. The Bertz CT molecular complexity index is 454. The van der Waals surface area contributed by atoms with Crippen LogP contribution >= 0.6 is 0 Å². The van der Waals surface area contributed by atoms with Crippen molar-refractivity contribution in [3.05, 3.63) is 29.8 Å². The van der Waals surface area contributed by atoms with Crippen LogP contribution in [0.15, 0.2) is 24.3 Å². The Labute approximate surface area is 122 Å². The Morgan fingerprint density at radius 1 is 1.10 bits per heavy atom. The van der Waals surface area contributed by atoms with Gasteiger partial charge in [-0.3, -0.25) is 0 Å². The number of rotatable bonds is 4. The van der Waals surface area contributed by atoms with Crippen LogP contribution in [0.4, 0.5) is 0 Å². The third kappa shape index (κ3) is 2.24. The number of hydrogen-bond acceptors (Lipinski definition) is 2. The molecular formula is C18H27NO. The zero-order chi connectivity index (χ0) is 14.1. The molecule has 0 atom stereocenters. The molecule has 0 aliphatic heterocycles. The first kappa shape index (κ1) is 13.9. The Balaban J connectivity index is 1.87. The molecule has 0 radical (unpaired) electrons. The Hall–Kier alpha value is -1.02. The lowest BCUT2D eigenvalue weighted by Crippen LogP contribution is -2.55. The summed E-state index contributed by atoms with van der Waals surface area (Å²) in [6, 6.07) is 8.61. The standard InChI is InChI=1S/C18H27NO/c1-19-14-18(15-8-4-5-9-16(15)20-2)12-17(13-18)10-6-3-7-11-17/h4-5,8-9,19H,3,6-7,10-14H2,1-2H3. The number of hydrogen-bond donors (Lipinski definition) is 1. The van der Waals surface area contributed by atoms with Crippen LogP contribution in [-0.2, 0) is 5.41 Å². The average Bonchev–Trinajstić information content (AvgIpc) is 2.46. The molecule has 1 spiro atoms. The van der Waals surface area contributed by atoms with Crippen molar-refractivity contribution in [2.24, 2.45) is 5.41 Å². The molecule has 2 fully saturated rings. The maximum atomic E-state index is 5.62. The topological polar surface area (TPSA) is 21.3 Å². The minimum Gasteiger partial charge on any atom is -0.496 e. The van der Waals surface area contributed by atoms with Gasteiger partial charge in [-0.05, 0) is 44.2 Å². The molecule has 2 heteroatoms. The van der Waals surface area contributed by atoms with Gasteiger partial charge in [0, 0.05) is 17.5 Å². The van der Waals surface area contributed by atoms with E-state index in [1.54, 1.807) is 7.11 Å². The normalized spacial score (nSPS) is 23.3. The van der Waals surface area contributed by atoms with Crippen molar-refractivity contribution in [1.29, 1.82) is 0 Å². The van der Waals surface area contributed by atoms with Crippen LogP contribution in [0.5, 0.6) is 5.75 Å². The molecule has 2 saturated carbocycles. The van der Waals surface area contributed by atoms with E-state index in [0.717, 1.165) is 12.3 Å². The van der Waals surface area contributed by atoms with Crippen molar-refractivity contribution in [2.45, 2.75) is 50.4 Å². The van der Waals surface area contributed by atoms with Gasteiger partial charge in [-0.25, -0.2) is 0 Å². The van der Waals surface area contributed by atoms with Gasteiger partial charge >= 0.3 is 0 Å². The monoisotopic (exact) mass is 273 g/mol. The fourth-order valence-corrected chi connectivity index (χ4v) is 4.87. The van der Waals surface area contributed by atoms with Crippen LogP contribution in [0.3, 0.4) is 0 Å². The summed E-state index contributed by atoms with van der Waals surface area (Å²) in [5, 5.41) is 3.43. The van der Waals surface area contributed by atoms with Crippen LogP contribution in [0.2, 0.25) is 0 Å². The van der Waals surface area contributed by atoms with Gasteiger partial charge in [-0.15, -0.1) is 0 Å². The van der Waals surface area contributed by atoms with Crippen molar-refractivity contribution in [3.8, 4) is 5.75 Å². The molecule has 110 valence electrons. The second kappa shape index (κ2) is 5.40. The molecule has 20 heavy (non-hydrogen) atoms. The van der Waals surface area contributed by atoms with E-state index in [1.165, 1.54) is 50.5 Å². The smallest absolute Gasteiger partial charge is 0.122 e. The maximum Gasteiger partial charge on any atom is 0.122 e. The molecule has 0 amide bonds. The summed E-state index contributed by atoms with van der Waals surface area (Å²) < 4.78 is 5.62. The van der Waals surface area contributed by atoms with Crippen molar-refractivity contribution in [2.75, 3.05) is 20.7 Å². The molecule has 0 bridgehead atoms. The number of nitrogens with one attached hydrogen (secondary N) is 1. The number of benzene rings is 1. The molecule has 2 nitrogen and oxygen atoms in total. The highest BCUT2D eigenvalue weighted by Gasteiger charge is 2.55. The molecule has 1 N–H and O–H groups in total. The summed E-state index contributed by atoms with van der Waals surface area (Å²) in [7, 11) is 3.87. The molecule has 3 rings (SSSR count). The summed E-state index contributed by atoms with van der Waals surface area (Å²) in [5.41, 5.74) is 2.34. The molecule has 0 aromatic heterocycles. The van der Waals surface area contributed by atoms with E-state index in [2.05, 4.69) is 36.6 Å². The summed E-state index contributed by atoms with van der Waals surface area (Å²) >= 11 is 0. The molecule has 2 aliphatic carbocycles. The van der Waals surface area contributed by atoms with Crippen molar-refractivity contribution < 1.29 is 4.74 Å². The van der Waals surface area contributed by atoms with Crippen molar-refractivity contribution >= 4 is 0 Å². The van der Waals surface area contributed by atoms with Crippen LogP contribution < -0.4 is 10.1 Å². The minimum atomic E-state index is 0.290. The average molecular weight is 273 g/mol. The van der Waals surface area contributed by atoms with E-state index in [9.17, 15) is 0 Å². The van der Waals surface area contributed by atoms with Gasteiger partial charge in [0.1, 0.15) is 5.75 Å². The predicted octanol–water partition coefficient (Wildman–Crippen LogP) is 3.90. The number of para-hydroxylation sites is 1. The fourth-order valence-electron chi connectivity index (χ4n) is 4.87. The number of likely N-dealkylation sites (N-methyl/N-ethyl adjacent to an activating group) is 1. The third-order valence-corrected chi connectivity index (χ3v) is 5.53. The van der Waals surface area contributed by atoms with E-state index in [-0.39, 0.29) is 0 Å². The lowest BCUT2D eigenvalue weighted by Gasteiger charge is -2.59. The zero-order valence-electron chi connectivity index (χ0n) is 12.9. The first-order valence-electron chi connectivity index (χ1n) is 8.02. The SMILES string of the molecule is CNCC1(c2ccccc2OC)CC2(CCCCC2)C1. The lowest BCUT2D eigenvalue weighted by atomic mass is 9.46. The van der Waals surface area contributed by atoms with Crippen molar-refractivity contribution in [3.63, 3.8) is 0 Å². The van der Waals surface area contributed by atoms with Crippen LogP contribution in [0.1, 0.15) is 50.5 Å². The first-order valence-corrected chi connectivity index (χ1v) is 8.02. The van der Waals surface area contributed by atoms with E-state index in [1.807, 2.05) is 0 Å². The molecule has 1 aromatic carbocycles. The summed E-state index contributed by atoms with van der Waals surface area (Å²) in [6.45, 7) is 1.06. The highest BCUT2D eigenvalue weighted by Crippen LogP contribution is 2.62. The second-order valence-electron chi connectivity index (χ2n) is 6.93. The predicted molar refractivity (Wildman–Crippen MR) is 83.4 cm³/mol. The molecule has 2 aliphatic rings. The van der Waals surface area contributed by atoms with E-state index in [0.29, 0.717) is 10.8 Å². The Morgan fingerprint density at radius 3 is 2.45 bits per heavy atom. The summed E-state index contributed by atoms with van der Waals surface area (Å²) in [5.74, 6) is 1.06. The molecule has 0 heterocycles. The third-order valence-electron chi connectivity index (χ3n) is 5.53. The lowest BCUT2D eigenvalue weighted by molar-refractivity contribution is -0.0129. The highest BCUT2D eigenvalue weighted by molar-refractivity contribution is 5.43. The van der Waals surface area contributed by atoms with Gasteiger partial charge in [0.15, 0.2) is 0 Å². The van der Waals surface area contributed by atoms with Crippen LogP contribution in [0.25, 0.3) is 0 Å².